The Balaban J connectivity index is 1.63. The topological polar surface area (TPSA) is 24.5 Å². The highest BCUT2D eigenvalue weighted by Gasteiger charge is 2.28. The molecule has 0 aromatic heterocycles. The van der Waals surface area contributed by atoms with Gasteiger partial charge in [-0.15, -0.1) is 0 Å². The minimum Gasteiger partial charge on any atom is -0.374 e. The molecule has 3 nitrogen and oxygen atoms in total. The number of nitrogens with one attached hydrogen (secondary N) is 1. The molecule has 1 heterocycles. The van der Waals surface area contributed by atoms with Gasteiger partial charge < -0.3 is 15.0 Å². The molecule has 2 fully saturated rings. The molecule has 0 spiro atoms. The molecule has 0 aromatic rings. The van der Waals surface area contributed by atoms with Crippen LogP contribution in [0.5, 0.6) is 0 Å². The number of ether oxygens (including phenoxy) is 1. The summed E-state index contributed by atoms with van der Waals surface area (Å²) in [5.74, 6) is 0.941. The van der Waals surface area contributed by atoms with E-state index < -0.39 is 0 Å². The number of nitrogens with zero attached hydrogens (tertiary/aromatic N) is 1. The highest BCUT2D eigenvalue weighted by atomic mass is 16.5. The van der Waals surface area contributed by atoms with Gasteiger partial charge in [-0.25, -0.2) is 0 Å². The first-order valence-electron chi connectivity index (χ1n) is 5.79. The molecule has 1 aliphatic heterocycles. The number of hydrogen-bond acceptors (Lipinski definition) is 3. The van der Waals surface area contributed by atoms with Crippen LogP contribution in [0.4, 0.5) is 0 Å². The molecule has 0 radical (unpaired) electrons. The van der Waals surface area contributed by atoms with Crippen molar-refractivity contribution in [1.29, 1.82) is 0 Å². The number of morpholine rings is 1. The summed E-state index contributed by atoms with van der Waals surface area (Å²) in [7, 11) is 2.17. The number of rotatable bonds is 4. The molecule has 1 saturated carbocycles. The molecule has 2 aliphatic rings. The van der Waals surface area contributed by atoms with E-state index in [9.17, 15) is 0 Å². The third-order valence-corrected chi connectivity index (χ3v) is 3.34. The fourth-order valence-corrected chi connectivity index (χ4v) is 2.07. The number of likely N-dealkylation sites (N-methyl/N-ethyl adjacent to an activating group) is 1. The molecule has 1 saturated heterocycles. The first kappa shape index (κ1) is 10.4. The van der Waals surface area contributed by atoms with Gasteiger partial charge in [-0.1, -0.05) is 0 Å². The third kappa shape index (κ3) is 2.94. The maximum atomic E-state index is 5.69. The van der Waals surface area contributed by atoms with Gasteiger partial charge >= 0.3 is 0 Å². The van der Waals surface area contributed by atoms with Gasteiger partial charge in [0.25, 0.3) is 0 Å². The number of hydrogen-bond donors (Lipinski definition) is 1. The van der Waals surface area contributed by atoms with Crippen molar-refractivity contribution in [1.82, 2.24) is 10.2 Å². The van der Waals surface area contributed by atoms with E-state index in [-0.39, 0.29) is 0 Å². The van der Waals surface area contributed by atoms with Gasteiger partial charge in [-0.05, 0) is 32.7 Å². The van der Waals surface area contributed by atoms with Crippen LogP contribution in [0.3, 0.4) is 0 Å². The summed E-state index contributed by atoms with van der Waals surface area (Å²) in [6, 6.07) is 0.686. The molecule has 0 bridgehead atoms. The Morgan fingerprint density at radius 3 is 2.93 bits per heavy atom. The van der Waals surface area contributed by atoms with Crippen molar-refractivity contribution in [3.63, 3.8) is 0 Å². The second-order valence-corrected chi connectivity index (χ2v) is 4.79. The van der Waals surface area contributed by atoms with Gasteiger partial charge in [0.15, 0.2) is 0 Å². The molecule has 1 aliphatic carbocycles. The van der Waals surface area contributed by atoms with E-state index in [1.807, 2.05) is 0 Å². The lowest BCUT2D eigenvalue weighted by atomic mass is 10.2. The molecule has 2 unspecified atom stereocenters. The van der Waals surface area contributed by atoms with E-state index in [0.717, 1.165) is 32.2 Å². The summed E-state index contributed by atoms with van der Waals surface area (Å²) in [6.45, 7) is 6.35. The first-order valence-corrected chi connectivity index (χ1v) is 5.79. The molecule has 0 aromatic carbocycles. The monoisotopic (exact) mass is 198 g/mol. The van der Waals surface area contributed by atoms with Crippen LogP contribution in [0.2, 0.25) is 0 Å². The fourth-order valence-electron chi connectivity index (χ4n) is 2.07. The zero-order chi connectivity index (χ0) is 9.97. The van der Waals surface area contributed by atoms with Crippen molar-refractivity contribution >= 4 is 0 Å². The molecule has 2 atom stereocenters. The van der Waals surface area contributed by atoms with Crippen molar-refractivity contribution in [3.8, 4) is 0 Å². The summed E-state index contributed by atoms with van der Waals surface area (Å²) < 4.78 is 5.69. The van der Waals surface area contributed by atoms with Crippen LogP contribution in [0.15, 0.2) is 0 Å². The lowest BCUT2D eigenvalue weighted by Crippen LogP contribution is -2.46. The smallest absolute Gasteiger partial charge is 0.0826 e. The molecular weight excluding hydrogens is 176 g/mol. The van der Waals surface area contributed by atoms with Gasteiger partial charge in [0.05, 0.1) is 12.7 Å². The van der Waals surface area contributed by atoms with Gasteiger partial charge in [0.2, 0.25) is 0 Å². The van der Waals surface area contributed by atoms with Crippen molar-refractivity contribution < 1.29 is 4.74 Å². The average Bonchev–Trinajstić information content (AvgIpc) is 2.97. The molecular formula is C11H22N2O. The van der Waals surface area contributed by atoms with E-state index >= 15 is 0 Å². The van der Waals surface area contributed by atoms with E-state index in [2.05, 4.69) is 24.2 Å². The van der Waals surface area contributed by atoms with Crippen LogP contribution in [0, 0.1) is 5.92 Å². The zero-order valence-electron chi connectivity index (χ0n) is 9.33. The second-order valence-electron chi connectivity index (χ2n) is 4.79. The van der Waals surface area contributed by atoms with Crippen molar-refractivity contribution in [2.75, 3.05) is 33.3 Å². The predicted octanol–water partition coefficient (Wildman–Crippen LogP) is 0.705. The van der Waals surface area contributed by atoms with Gasteiger partial charge in [-0.2, -0.15) is 0 Å². The van der Waals surface area contributed by atoms with Crippen LogP contribution in [0.25, 0.3) is 0 Å². The van der Waals surface area contributed by atoms with Crippen LogP contribution >= 0.6 is 0 Å². The molecule has 0 amide bonds. The molecule has 14 heavy (non-hydrogen) atoms. The SMILES string of the molecule is CC(NCC1CN(C)CCO1)C1CC1. The highest BCUT2D eigenvalue weighted by Crippen LogP contribution is 2.32. The van der Waals surface area contributed by atoms with Gasteiger partial charge in [0.1, 0.15) is 0 Å². The summed E-state index contributed by atoms with van der Waals surface area (Å²) in [5, 5.41) is 3.58. The summed E-state index contributed by atoms with van der Waals surface area (Å²) >= 11 is 0. The van der Waals surface area contributed by atoms with E-state index in [0.29, 0.717) is 12.1 Å². The Morgan fingerprint density at radius 1 is 1.50 bits per heavy atom. The van der Waals surface area contributed by atoms with Crippen LogP contribution in [-0.4, -0.2) is 50.3 Å². The van der Waals surface area contributed by atoms with Gasteiger partial charge in [0, 0.05) is 25.7 Å². The Hall–Kier alpha value is -0.120. The van der Waals surface area contributed by atoms with Crippen molar-refractivity contribution in [2.45, 2.75) is 31.9 Å². The standard InChI is InChI=1S/C11H22N2O/c1-9(10-3-4-10)12-7-11-8-13(2)5-6-14-11/h9-12H,3-8H2,1-2H3. The van der Waals surface area contributed by atoms with E-state index in [4.69, 9.17) is 4.74 Å². The van der Waals surface area contributed by atoms with Crippen molar-refractivity contribution in [3.05, 3.63) is 0 Å². The van der Waals surface area contributed by atoms with Crippen LogP contribution in [-0.2, 0) is 4.74 Å². The Labute approximate surface area is 86.8 Å². The first-order chi connectivity index (χ1) is 6.75. The van der Waals surface area contributed by atoms with Crippen molar-refractivity contribution in [2.24, 2.45) is 5.92 Å². The van der Waals surface area contributed by atoms with E-state index in [1.54, 1.807) is 0 Å². The van der Waals surface area contributed by atoms with Crippen LogP contribution < -0.4 is 5.32 Å². The Bertz CT molecular complexity index is 182. The maximum Gasteiger partial charge on any atom is 0.0826 e. The summed E-state index contributed by atoms with van der Waals surface area (Å²) in [5.41, 5.74) is 0. The Kier molecular flexibility index (Phi) is 3.42. The quantitative estimate of drug-likeness (QED) is 0.720. The van der Waals surface area contributed by atoms with E-state index in [1.165, 1.54) is 12.8 Å². The molecule has 1 N–H and O–H groups in total. The summed E-state index contributed by atoms with van der Waals surface area (Å²) in [6.07, 6.45) is 3.23. The van der Waals surface area contributed by atoms with Gasteiger partial charge in [-0.3, -0.25) is 0 Å². The molecule has 82 valence electrons. The predicted molar refractivity (Wildman–Crippen MR) is 57.4 cm³/mol. The second kappa shape index (κ2) is 4.60. The highest BCUT2D eigenvalue weighted by molar-refractivity contribution is 4.84. The fraction of sp³-hybridized carbons (Fsp3) is 1.00. The largest absolute Gasteiger partial charge is 0.374 e. The maximum absolute atomic E-state index is 5.69. The normalized spacial score (nSPS) is 31.7. The minimum absolute atomic E-state index is 0.398. The zero-order valence-corrected chi connectivity index (χ0v) is 9.33. The Morgan fingerprint density at radius 2 is 2.29 bits per heavy atom. The average molecular weight is 198 g/mol. The minimum atomic E-state index is 0.398. The summed E-state index contributed by atoms with van der Waals surface area (Å²) in [4.78, 5) is 2.34. The molecule has 3 heteroatoms. The third-order valence-electron chi connectivity index (χ3n) is 3.34. The lowest BCUT2D eigenvalue weighted by Gasteiger charge is -2.31. The van der Waals surface area contributed by atoms with Crippen LogP contribution in [0.1, 0.15) is 19.8 Å². The molecule has 2 rings (SSSR count). The lowest BCUT2D eigenvalue weighted by molar-refractivity contribution is -0.0193.